The Morgan fingerprint density at radius 2 is 2.12 bits per heavy atom. The fourth-order valence-corrected chi connectivity index (χ4v) is 4.18. The van der Waals surface area contributed by atoms with Crippen LogP contribution < -0.4 is 4.90 Å². The predicted octanol–water partition coefficient (Wildman–Crippen LogP) is 1.32. The molecule has 1 fully saturated rings. The SMILES string of the molecule is Cc1nc2c(c(N3CCC[C@H](CO)C3)n1)CCN(Cc1cnc[nH]1)CC2. The Hall–Kier alpha value is -1.99. The van der Waals surface area contributed by atoms with Crippen molar-refractivity contribution in [3.05, 3.63) is 35.3 Å². The molecular weight excluding hydrogens is 328 g/mol. The highest BCUT2D eigenvalue weighted by atomic mass is 16.3. The van der Waals surface area contributed by atoms with E-state index in [-0.39, 0.29) is 6.61 Å². The van der Waals surface area contributed by atoms with Gasteiger partial charge in [0.15, 0.2) is 0 Å². The number of imidazole rings is 1. The van der Waals surface area contributed by atoms with E-state index in [0.29, 0.717) is 5.92 Å². The standard InChI is InChI=1S/C19H28N6O/c1-14-22-18-5-8-24(11-16-9-20-13-21-16)7-4-17(18)19(23-14)25-6-2-3-15(10-25)12-26/h9,13,15,26H,2-8,10-12H2,1H3,(H,20,21)/t15-/m0/s1. The van der Waals surface area contributed by atoms with Crippen LogP contribution in [0.4, 0.5) is 5.82 Å². The van der Waals surface area contributed by atoms with Crippen LogP contribution >= 0.6 is 0 Å². The first-order chi connectivity index (χ1) is 12.7. The third-order valence-corrected chi connectivity index (χ3v) is 5.55. The Morgan fingerprint density at radius 1 is 1.23 bits per heavy atom. The number of hydrogen-bond donors (Lipinski definition) is 2. The van der Waals surface area contributed by atoms with Gasteiger partial charge < -0.3 is 15.0 Å². The molecule has 1 atom stereocenters. The van der Waals surface area contributed by atoms with Crippen LogP contribution in [-0.2, 0) is 19.4 Å². The van der Waals surface area contributed by atoms with E-state index in [0.717, 1.165) is 75.7 Å². The first-order valence-corrected chi connectivity index (χ1v) is 9.64. The highest BCUT2D eigenvalue weighted by Gasteiger charge is 2.26. The zero-order valence-corrected chi connectivity index (χ0v) is 15.5. The van der Waals surface area contributed by atoms with Crippen molar-refractivity contribution in [3.63, 3.8) is 0 Å². The lowest BCUT2D eigenvalue weighted by Crippen LogP contribution is -2.38. The van der Waals surface area contributed by atoms with Crippen LogP contribution in [0.3, 0.4) is 0 Å². The van der Waals surface area contributed by atoms with Crippen LogP contribution in [0.1, 0.15) is 35.6 Å². The number of piperidine rings is 1. The van der Waals surface area contributed by atoms with Crippen LogP contribution in [0.15, 0.2) is 12.5 Å². The lowest BCUT2D eigenvalue weighted by atomic mass is 9.98. The molecule has 0 saturated carbocycles. The molecule has 0 unspecified atom stereocenters. The molecule has 2 N–H and O–H groups in total. The number of aliphatic hydroxyl groups excluding tert-OH is 1. The molecule has 1 saturated heterocycles. The van der Waals surface area contributed by atoms with Gasteiger partial charge in [-0.15, -0.1) is 0 Å². The Morgan fingerprint density at radius 3 is 2.92 bits per heavy atom. The lowest BCUT2D eigenvalue weighted by Gasteiger charge is -2.34. The molecule has 140 valence electrons. The molecule has 0 amide bonds. The largest absolute Gasteiger partial charge is 0.396 e. The van der Waals surface area contributed by atoms with Crippen molar-refractivity contribution < 1.29 is 5.11 Å². The van der Waals surface area contributed by atoms with E-state index >= 15 is 0 Å². The van der Waals surface area contributed by atoms with Gasteiger partial charge in [0.25, 0.3) is 0 Å². The summed E-state index contributed by atoms with van der Waals surface area (Å²) in [6.45, 7) is 7.08. The second kappa shape index (κ2) is 7.72. The number of aliphatic hydroxyl groups is 1. The topological polar surface area (TPSA) is 81.2 Å². The quantitative estimate of drug-likeness (QED) is 0.860. The smallest absolute Gasteiger partial charge is 0.135 e. The Balaban J connectivity index is 1.55. The molecule has 2 aromatic heterocycles. The second-order valence-corrected chi connectivity index (χ2v) is 7.51. The summed E-state index contributed by atoms with van der Waals surface area (Å²) >= 11 is 0. The van der Waals surface area contributed by atoms with Crippen molar-refractivity contribution >= 4 is 5.82 Å². The molecular formula is C19H28N6O. The molecule has 0 radical (unpaired) electrons. The molecule has 0 aromatic carbocycles. The van der Waals surface area contributed by atoms with Crippen molar-refractivity contribution in [2.45, 2.75) is 39.2 Å². The summed E-state index contributed by atoms with van der Waals surface area (Å²) in [6, 6.07) is 0. The third kappa shape index (κ3) is 3.73. The molecule has 7 heteroatoms. The predicted molar refractivity (Wildman–Crippen MR) is 100 cm³/mol. The zero-order chi connectivity index (χ0) is 17.9. The summed E-state index contributed by atoms with van der Waals surface area (Å²) < 4.78 is 0. The van der Waals surface area contributed by atoms with Gasteiger partial charge in [0, 0.05) is 63.2 Å². The number of fused-ring (bicyclic) bond motifs is 1. The van der Waals surface area contributed by atoms with Gasteiger partial charge in [0.2, 0.25) is 0 Å². The van der Waals surface area contributed by atoms with Crippen molar-refractivity contribution in [2.24, 2.45) is 5.92 Å². The van der Waals surface area contributed by atoms with E-state index < -0.39 is 0 Å². The Kier molecular flexibility index (Phi) is 5.17. The van der Waals surface area contributed by atoms with Gasteiger partial charge in [-0.2, -0.15) is 0 Å². The van der Waals surface area contributed by atoms with Gasteiger partial charge in [-0.05, 0) is 32.1 Å². The molecule has 2 aliphatic heterocycles. The fraction of sp³-hybridized carbons (Fsp3) is 0.632. The van der Waals surface area contributed by atoms with E-state index in [1.54, 1.807) is 6.33 Å². The molecule has 0 spiro atoms. The molecule has 4 heterocycles. The summed E-state index contributed by atoms with van der Waals surface area (Å²) in [4.78, 5) is 21.7. The van der Waals surface area contributed by atoms with Gasteiger partial charge >= 0.3 is 0 Å². The number of aromatic amines is 1. The van der Waals surface area contributed by atoms with Crippen molar-refractivity contribution in [1.29, 1.82) is 0 Å². The zero-order valence-electron chi connectivity index (χ0n) is 15.5. The number of aromatic nitrogens is 4. The van der Waals surface area contributed by atoms with Gasteiger partial charge in [-0.3, -0.25) is 4.90 Å². The highest BCUT2D eigenvalue weighted by molar-refractivity contribution is 5.50. The van der Waals surface area contributed by atoms with Crippen LogP contribution in [0.25, 0.3) is 0 Å². The molecule has 4 rings (SSSR count). The normalized spacial score (nSPS) is 21.5. The summed E-state index contributed by atoms with van der Waals surface area (Å²) in [5.74, 6) is 2.32. The van der Waals surface area contributed by atoms with Gasteiger partial charge in [0.1, 0.15) is 11.6 Å². The summed E-state index contributed by atoms with van der Waals surface area (Å²) in [5, 5.41) is 9.58. The monoisotopic (exact) mass is 356 g/mol. The van der Waals surface area contributed by atoms with Crippen LogP contribution in [-0.4, -0.2) is 62.7 Å². The molecule has 2 aromatic rings. The van der Waals surface area contributed by atoms with Crippen LogP contribution in [0, 0.1) is 12.8 Å². The lowest BCUT2D eigenvalue weighted by molar-refractivity contribution is 0.208. The van der Waals surface area contributed by atoms with Crippen molar-refractivity contribution in [2.75, 3.05) is 37.7 Å². The van der Waals surface area contributed by atoms with Gasteiger partial charge in [-0.25, -0.2) is 15.0 Å². The number of aryl methyl sites for hydroxylation is 1. The Labute approximate surface area is 154 Å². The number of hydrogen-bond acceptors (Lipinski definition) is 6. The maximum atomic E-state index is 9.58. The number of nitrogens with one attached hydrogen (secondary N) is 1. The molecule has 0 bridgehead atoms. The second-order valence-electron chi connectivity index (χ2n) is 7.51. The summed E-state index contributed by atoms with van der Waals surface area (Å²) in [5.41, 5.74) is 3.66. The molecule has 7 nitrogen and oxygen atoms in total. The van der Waals surface area contributed by atoms with E-state index in [9.17, 15) is 5.11 Å². The maximum Gasteiger partial charge on any atom is 0.135 e. The maximum absolute atomic E-state index is 9.58. The number of anilines is 1. The molecule has 2 aliphatic rings. The average molecular weight is 356 g/mol. The van der Waals surface area contributed by atoms with E-state index in [1.807, 2.05) is 13.1 Å². The van der Waals surface area contributed by atoms with Crippen LogP contribution in [0.2, 0.25) is 0 Å². The van der Waals surface area contributed by atoms with Gasteiger partial charge in [0.05, 0.1) is 12.0 Å². The third-order valence-electron chi connectivity index (χ3n) is 5.55. The minimum Gasteiger partial charge on any atom is -0.396 e. The van der Waals surface area contributed by atoms with Gasteiger partial charge in [-0.1, -0.05) is 0 Å². The average Bonchev–Trinajstić information content (AvgIpc) is 3.09. The summed E-state index contributed by atoms with van der Waals surface area (Å²) in [7, 11) is 0. The summed E-state index contributed by atoms with van der Waals surface area (Å²) in [6.07, 6.45) is 7.79. The minimum absolute atomic E-state index is 0.265. The number of H-pyrrole nitrogens is 1. The first kappa shape index (κ1) is 17.4. The van der Waals surface area contributed by atoms with Crippen LogP contribution in [0.5, 0.6) is 0 Å². The Bertz CT molecular complexity index is 732. The van der Waals surface area contributed by atoms with E-state index in [2.05, 4.69) is 19.8 Å². The molecule has 0 aliphatic carbocycles. The van der Waals surface area contributed by atoms with Crippen molar-refractivity contribution in [3.8, 4) is 0 Å². The van der Waals surface area contributed by atoms with E-state index in [4.69, 9.17) is 9.97 Å². The van der Waals surface area contributed by atoms with Crippen molar-refractivity contribution in [1.82, 2.24) is 24.8 Å². The van der Waals surface area contributed by atoms with E-state index in [1.165, 1.54) is 11.3 Å². The first-order valence-electron chi connectivity index (χ1n) is 9.64. The molecule has 26 heavy (non-hydrogen) atoms. The minimum atomic E-state index is 0.265. The fourth-order valence-electron chi connectivity index (χ4n) is 4.18. The number of nitrogens with zero attached hydrogens (tertiary/aromatic N) is 5. The number of rotatable bonds is 4. The highest BCUT2D eigenvalue weighted by Crippen LogP contribution is 2.28.